The number of carbonyl (C=O) groups excluding carboxylic acids is 1. The Morgan fingerprint density at radius 3 is 2.84 bits per heavy atom. The van der Waals surface area contributed by atoms with Crippen LogP contribution in [0.5, 0.6) is 0 Å². The van der Waals surface area contributed by atoms with E-state index in [9.17, 15) is 4.79 Å². The molecule has 1 aliphatic carbocycles. The first kappa shape index (κ1) is 13.8. The van der Waals surface area contributed by atoms with Crippen molar-refractivity contribution in [1.82, 2.24) is 10.3 Å². The van der Waals surface area contributed by atoms with Crippen molar-refractivity contribution in [2.75, 3.05) is 5.43 Å². The second kappa shape index (κ2) is 6.02. The van der Waals surface area contributed by atoms with Gasteiger partial charge in [-0.05, 0) is 31.7 Å². The number of nitrogens with two attached hydrogens (primary N) is 1. The normalized spacial score (nSPS) is 22.9. The van der Waals surface area contributed by atoms with Crippen molar-refractivity contribution in [3.05, 3.63) is 23.5 Å². The second-order valence-corrected chi connectivity index (χ2v) is 5.36. The number of nitrogen functional groups attached to an aromatic ring is 1. The van der Waals surface area contributed by atoms with E-state index in [1.807, 2.05) is 6.92 Å². The Bertz CT molecular complexity index is 461. The van der Waals surface area contributed by atoms with Crippen molar-refractivity contribution in [3.63, 3.8) is 0 Å². The molecule has 2 atom stereocenters. The molecule has 5 heteroatoms. The molecular formula is C14H22N4O. The summed E-state index contributed by atoms with van der Waals surface area (Å²) in [5.41, 5.74) is 4.52. The number of nitrogens with one attached hydrogen (secondary N) is 2. The predicted molar refractivity (Wildman–Crippen MR) is 75.7 cm³/mol. The summed E-state index contributed by atoms with van der Waals surface area (Å²) in [5.74, 6) is 5.89. The maximum atomic E-state index is 12.3. The van der Waals surface area contributed by atoms with Gasteiger partial charge in [0.05, 0.1) is 11.3 Å². The molecule has 5 nitrogen and oxygen atoms in total. The number of amides is 1. The molecule has 0 aromatic carbocycles. The van der Waals surface area contributed by atoms with Crippen LogP contribution in [0.3, 0.4) is 0 Å². The number of nitrogens with zero attached hydrogens (tertiary/aromatic N) is 1. The summed E-state index contributed by atoms with van der Waals surface area (Å²) in [5, 5.41) is 3.10. The van der Waals surface area contributed by atoms with E-state index < -0.39 is 0 Å². The minimum atomic E-state index is -0.0980. The number of rotatable bonds is 3. The van der Waals surface area contributed by atoms with E-state index in [-0.39, 0.29) is 11.9 Å². The lowest BCUT2D eigenvalue weighted by atomic mass is 9.86. The van der Waals surface area contributed by atoms with Crippen LogP contribution in [0.25, 0.3) is 0 Å². The predicted octanol–water partition coefficient (Wildman–Crippen LogP) is 1.98. The van der Waals surface area contributed by atoms with Crippen molar-refractivity contribution in [2.45, 2.75) is 45.6 Å². The Hall–Kier alpha value is -1.62. The van der Waals surface area contributed by atoms with Crippen LogP contribution in [-0.2, 0) is 0 Å². The van der Waals surface area contributed by atoms with Crippen molar-refractivity contribution < 1.29 is 4.79 Å². The highest BCUT2D eigenvalue weighted by Crippen LogP contribution is 2.24. The first-order valence-corrected chi connectivity index (χ1v) is 6.86. The van der Waals surface area contributed by atoms with Crippen molar-refractivity contribution in [1.29, 1.82) is 0 Å². The number of anilines is 1. The van der Waals surface area contributed by atoms with E-state index in [1.54, 1.807) is 12.3 Å². The van der Waals surface area contributed by atoms with Gasteiger partial charge in [-0.2, -0.15) is 0 Å². The van der Waals surface area contributed by atoms with Gasteiger partial charge in [0.25, 0.3) is 5.91 Å². The molecule has 2 rings (SSSR count). The van der Waals surface area contributed by atoms with E-state index in [0.29, 0.717) is 17.2 Å². The number of aryl methyl sites for hydroxylation is 1. The lowest BCUT2D eigenvalue weighted by molar-refractivity contribution is 0.0910. The largest absolute Gasteiger partial charge is 0.349 e. The van der Waals surface area contributed by atoms with Gasteiger partial charge in [0.1, 0.15) is 0 Å². The van der Waals surface area contributed by atoms with Gasteiger partial charge in [-0.25, -0.2) is 0 Å². The van der Waals surface area contributed by atoms with E-state index in [2.05, 4.69) is 22.7 Å². The molecule has 0 aliphatic heterocycles. The maximum absolute atomic E-state index is 12.3. The van der Waals surface area contributed by atoms with Crippen LogP contribution in [0.2, 0.25) is 0 Å². The summed E-state index contributed by atoms with van der Waals surface area (Å²) in [6.07, 6.45) is 6.25. The average molecular weight is 262 g/mol. The van der Waals surface area contributed by atoms with Crippen LogP contribution in [0.4, 0.5) is 5.69 Å². The van der Waals surface area contributed by atoms with Gasteiger partial charge in [-0.1, -0.05) is 19.8 Å². The zero-order valence-corrected chi connectivity index (χ0v) is 11.6. The monoisotopic (exact) mass is 262 g/mol. The molecule has 1 fully saturated rings. The maximum Gasteiger partial charge on any atom is 0.255 e. The summed E-state index contributed by atoms with van der Waals surface area (Å²) >= 11 is 0. The molecular weight excluding hydrogens is 240 g/mol. The quantitative estimate of drug-likeness (QED) is 0.575. The molecule has 4 N–H and O–H groups in total. The SMILES string of the molecule is Cc1cc(NN)c(C(=O)NC2CCCCC2C)cn1. The minimum Gasteiger partial charge on any atom is -0.349 e. The van der Waals surface area contributed by atoms with Crippen molar-refractivity contribution >= 4 is 11.6 Å². The zero-order chi connectivity index (χ0) is 13.8. The van der Waals surface area contributed by atoms with E-state index in [0.717, 1.165) is 12.1 Å². The van der Waals surface area contributed by atoms with E-state index in [4.69, 9.17) is 5.84 Å². The molecule has 1 aromatic rings. The summed E-state index contributed by atoms with van der Waals surface area (Å²) in [6.45, 7) is 4.06. The van der Waals surface area contributed by atoms with E-state index >= 15 is 0 Å². The molecule has 2 unspecified atom stereocenters. The highest BCUT2D eigenvalue weighted by atomic mass is 16.1. The van der Waals surface area contributed by atoms with Crippen LogP contribution < -0.4 is 16.6 Å². The molecule has 1 amide bonds. The number of aromatic nitrogens is 1. The molecule has 19 heavy (non-hydrogen) atoms. The summed E-state index contributed by atoms with van der Waals surface area (Å²) in [6, 6.07) is 2.03. The highest BCUT2D eigenvalue weighted by molar-refractivity contribution is 5.99. The molecule has 0 spiro atoms. The second-order valence-electron chi connectivity index (χ2n) is 5.36. The average Bonchev–Trinajstić information content (AvgIpc) is 2.41. The fourth-order valence-corrected chi connectivity index (χ4v) is 2.64. The topological polar surface area (TPSA) is 80.0 Å². The fourth-order valence-electron chi connectivity index (χ4n) is 2.64. The minimum absolute atomic E-state index is 0.0980. The number of hydrogen-bond acceptors (Lipinski definition) is 4. The standard InChI is InChI=1S/C14H22N4O/c1-9-5-3-4-6-12(9)17-14(19)11-8-16-10(2)7-13(11)18-15/h7-9,12H,3-6,15H2,1-2H3,(H,16,18)(H,17,19). The van der Waals surface area contributed by atoms with Gasteiger partial charge in [0.2, 0.25) is 0 Å². The molecule has 1 heterocycles. The molecule has 104 valence electrons. The zero-order valence-electron chi connectivity index (χ0n) is 11.6. The van der Waals surface area contributed by atoms with Crippen LogP contribution in [0.15, 0.2) is 12.3 Å². The lowest BCUT2D eigenvalue weighted by Crippen LogP contribution is -2.41. The molecule has 0 radical (unpaired) electrons. The molecule has 0 bridgehead atoms. The molecule has 1 saturated carbocycles. The Morgan fingerprint density at radius 1 is 1.42 bits per heavy atom. The van der Waals surface area contributed by atoms with Crippen LogP contribution in [0, 0.1) is 12.8 Å². The Balaban J connectivity index is 2.11. The number of carbonyl (C=O) groups is 1. The molecule has 0 saturated heterocycles. The van der Waals surface area contributed by atoms with Gasteiger partial charge in [0, 0.05) is 17.9 Å². The number of pyridine rings is 1. The van der Waals surface area contributed by atoms with Gasteiger partial charge < -0.3 is 10.7 Å². The number of hydrogen-bond donors (Lipinski definition) is 3. The summed E-state index contributed by atoms with van der Waals surface area (Å²) in [7, 11) is 0. The third-order valence-corrected chi connectivity index (χ3v) is 3.87. The Kier molecular flexibility index (Phi) is 4.37. The van der Waals surface area contributed by atoms with Gasteiger partial charge in [-0.15, -0.1) is 0 Å². The van der Waals surface area contributed by atoms with Gasteiger partial charge in [-0.3, -0.25) is 15.6 Å². The highest BCUT2D eigenvalue weighted by Gasteiger charge is 2.24. The fraction of sp³-hybridized carbons (Fsp3) is 0.571. The first-order valence-electron chi connectivity index (χ1n) is 6.86. The number of hydrazine groups is 1. The summed E-state index contributed by atoms with van der Waals surface area (Å²) < 4.78 is 0. The smallest absolute Gasteiger partial charge is 0.255 e. The van der Waals surface area contributed by atoms with E-state index in [1.165, 1.54) is 19.3 Å². The molecule has 1 aromatic heterocycles. The first-order chi connectivity index (χ1) is 9.11. The van der Waals surface area contributed by atoms with Gasteiger partial charge >= 0.3 is 0 Å². The summed E-state index contributed by atoms with van der Waals surface area (Å²) in [4.78, 5) is 16.5. The Labute approximate surface area is 114 Å². The van der Waals surface area contributed by atoms with Gasteiger partial charge in [0.15, 0.2) is 0 Å². The van der Waals surface area contributed by atoms with Crippen LogP contribution in [-0.4, -0.2) is 16.9 Å². The van der Waals surface area contributed by atoms with Crippen LogP contribution in [0.1, 0.15) is 48.7 Å². The molecule has 1 aliphatic rings. The third-order valence-electron chi connectivity index (χ3n) is 3.87. The van der Waals surface area contributed by atoms with Crippen molar-refractivity contribution in [3.8, 4) is 0 Å². The third kappa shape index (κ3) is 3.23. The lowest BCUT2D eigenvalue weighted by Gasteiger charge is -2.29. The van der Waals surface area contributed by atoms with Crippen LogP contribution >= 0.6 is 0 Å². The Morgan fingerprint density at radius 2 is 2.16 bits per heavy atom. The van der Waals surface area contributed by atoms with Crippen molar-refractivity contribution in [2.24, 2.45) is 11.8 Å².